The molecule has 0 aromatic heterocycles. The number of carbonyl (C=O) groups excluding carboxylic acids is 2. The second-order valence-corrected chi connectivity index (χ2v) is 6.83. The molecular weight excluding hydrogens is 270 g/mol. The van der Waals surface area contributed by atoms with Crippen LogP contribution in [0.3, 0.4) is 0 Å². The molecule has 1 amide bonds. The number of thioether (sulfide) groups is 1. The van der Waals surface area contributed by atoms with Gasteiger partial charge in [0, 0.05) is 16.9 Å². The number of rotatable bonds is 3. The maximum Gasteiger partial charge on any atom is 0.243 e. The van der Waals surface area contributed by atoms with Crippen LogP contribution in [0.2, 0.25) is 0 Å². The molecule has 1 aromatic carbocycles. The zero-order chi connectivity index (χ0) is 14.9. The summed E-state index contributed by atoms with van der Waals surface area (Å²) in [5, 5.41) is 0. The predicted molar refractivity (Wildman–Crippen MR) is 82.2 cm³/mol. The van der Waals surface area contributed by atoms with Crippen molar-refractivity contribution in [2.45, 2.75) is 36.8 Å². The highest BCUT2D eigenvalue weighted by molar-refractivity contribution is 8.01. The van der Waals surface area contributed by atoms with Gasteiger partial charge in [-0.1, -0.05) is 12.8 Å². The smallest absolute Gasteiger partial charge is 0.243 e. The van der Waals surface area contributed by atoms with Gasteiger partial charge in [0.25, 0.3) is 0 Å². The van der Waals surface area contributed by atoms with E-state index in [1.807, 2.05) is 32.9 Å². The minimum Gasteiger partial charge on any atom is -0.298 e. The summed E-state index contributed by atoms with van der Waals surface area (Å²) < 4.78 is -0.572. The highest BCUT2D eigenvalue weighted by Crippen LogP contribution is 2.45. The summed E-state index contributed by atoms with van der Waals surface area (Å²) in [5.74, 6) is 2.63. The Morgan fingerprint density at radius 2 is 2.15 bits per heavy atom. The topological polar surface area (TPSA) is 37.4 Å². The van der Waals surface area contributed by atoms with E-state index in [9.17, 15) is 9.59 Å². The Labute approximate surface area is 123 Å². The number of ketones is 1. The van der Waals surface area contributed by atoms with E-state index in [4.69, 9.17) is 6.42 Å². The van der Waals surface area contributed by atoms with Gasteiger partial charge in [-0.2, -0.15) is 0 Å². The van der Waals surface area contributed by atoms with Gasteiger partial charge in [0.15, 0.2) is 5.78 Å². The van der Waals surface area contributed by atoms with Crippen LogP contribution in [0.25, 0.3) is 0 Å². The van der Waals surface area contributed by atoms with E-state index in [-0.39, 0.29) is 18.2 Å². The molecule has 0 fully saturated rings. The van der Waals surface area contributed by atoms with Crippen molar-refractivity contribution in [3.05, 3.63) is 23.8 Å². The van der Waals surface area contributed by atoms with E-state index in [0.717, 1.165) is 10.6 Å². The number of amides is 1. The molecule has 0 spiro atoms. The SMILES string of the molecule is C#CCN1C(=O)C(C)(C)Sc2cc(C(=O)CC)ccc21. The number of hydrogen-bond acceptors (Lipinski definition) is 3. The van der Waals surface area contributed by atoms with Crippen LogP contribution in [0.1, 0.15) is 37.6 Å². The maximum atomic E-state index is 12.4. The largest absolute Gasteiger partial charge is 0.298 e. The summed E-state index contributed by atoms with van der Waals surface area (Å²) >= 11 is 1.48. The molecule has 0 saturated carbocycles. The molecule has 1 heterocycles. The van der Waals surface area contributed by atoms with Crippen molar-refractivity contribution < 1.29 is 9.59 Å². The molecule has 1 aliphatic rings. The second-order valence-electron chi connectivity index (χ2n) is 5.17. The van der Waals surface area contributed by atoms with Gasteiger partial charge >= 0.3 is 0 Å². The van der Waals surface area contributed by atoms with E-state index in [1.165, 1.54) is 11.8 Å². The van der Waals surface area contributed by atoms with E-state index < -0.39 is 4.75 Å². The van der Waals surface area contributed by atoms with Crippen molar-refractivity contribution in [1.82, 2.24) is 0 Å². The molecule has 1 aliphatic heterocycles. The monoisotopic (exact) mass is 287 g/mol. The second kappa shape index (κ2) is 5.34. The number of hydrogen-bond donors (Lipinski definition) is 0. The third-order valence-corrected chi connectivity index (χ3v) is 4.50. The first kappa shape index (κ1) is 14.7. The molecule has 2 rings (SSSR count). The molecule has 0 radical (unpaired) electrons. The number of Topliss-reactive ketones (excluding diaryl/α,β-unsaturated/α-hetero) is 1. The van der Waals surface area contributed by atoms with Crippen LogP contribution < -0.4 is 4.90 Å². The van der Waals surface area contributed by atoms with E-state index in [1.54, 1.807) is 11.0 Å². The van der Waals surface area contributed by atoms with Crippen LogP contribution in [0, 0.1) is 12.3 Å². The Hall–Kier alpha value is -1.73. The van der Waals surface area contributed by atoms with Gasteiger partial charge in [0.2, 0.25) is 5.91 Å². The summed E-state index contributed by atoms with van der Waals surface area (Å²) in [6.45, 7) is 5.84. The summed E-state index contributed by atoms with van der Waals surface area (Å²) in [7, 11) is 0. The van der Waals surface area contributed by atoms with Crippen molar-refractivity contribution >= 4 is 29.1 Å². The third-order valence-electron chi connectivity index (χ3n) is 3.27. The molecule has 4 heteroatoms. The normalized spacial score (nSPS) is 16.5. The van der Waals surface area contributed by atoms with Crippen LogP contribution in [0.4, 0.5) is 5.69 Å². The lowest BCUT2D eigenvalue weighted by Crippen LogP contribution is -2.46. The fourth-order valence-electron chi connectivity index (χ4n) is 2.20. The standard InChI is InChI=1S/C16H17NO2S/c1-5-9-17-12-8-7-11(13(18)6-2)10-14(12)20-16(3,4)15(17)19/h1,7-8,10H,6,9H2,2-4H3. The lowest BCUT2D eigenvalue weighted by Gasteiger charge is -2.37. The Morgan fingerprint density at radius 1 is 1.45 bits per heavy atom. The number of carbonyl (C=O) groups is 2. The van der Waals surface area contributed by atoms with Crippen molar-refractivity contribution in [3.8, 4) is 12.3 Å². The van der Waals surface area contributed by atoms with Gasteiger partial charge in [-0.3, -0.25) is 14.5 Å². The lowest BCUT2D eigenvalue weighted by molar-refractivity contribution is -0.120. The molecule has 0 saturated heterocycles. The Kier molecular flexibility index (Phi) is 3.92. The van der Waals surface area contributed by atoms with Crippen molar-refractivity contribution in [3.63, 3.8) is 0 Å². The number of anilines is 1. The summed E-state index contributed by atoms with van der Waals surface area (Å²) in [6, 6.07) is 5.44. The lowest BCUT2D eigenvalue weighted by atomic mass is 10.1. The van der Waals surface area contributed by atoms with E-state index >= 15 is 0 Å². The Bertz CT molecular complexity index is 613. The molecule has 1 aromatic rings. The van der Waals surface area contributed by atoms with Crippen LogP contribution in [0.5, 0.6) is 0 Å². The van der Waals surface area contributed by atoms with Crippen LogP contribution in [0.15, 0.2) is 23.1 Å². The molecule has 0 aliphatic carbocycles. The third kappa shape index (κ3) is 2.46. The zero-order valence-corrected chi connectivity index (χ0v) is 12.7. The van der Waals surface area contributed by atoms with Gasteiger partial charge in [0.1, 0.15) is 0 Å². The quantitative estimate of drug-likeness (QED) is 0.633. The minimum absolute atomic E-state index is 0.00233. The number of terminal acetylenes is 1. The molecule has 20 heavy (non-hydrogen) atoms. The Morgan fingerprint density at radius 3 is 2.75 bits per heavy atom. The fourth-order valence-corrected chi connectivity index (χ4v) is 3.41. The zero-order valence-electron chi connectivity index (χ0n) is 11.9. The number of nitrogens with zero attached hydrogens (tertiary/aromatic N) is 1. The Balaban J connectivity index is 2.52. The predicted octanol–water partition coefficient (Wildman–Crippen LogP) is 3.13. The minimum atomic E-state index is -0.572. The van der Waals surface area contributed by atoms with Gasteiger partial charge in [-0.05, 0) is 32.0 Å². The highest BCUT2D eigenvalue weighted by Gasteiger charge is 2.39. The fraction of sp³-hybridized carbons (Fsp3) is 0.375. The van der Waals surface area contributed by atoms with Gasteiger partial charge in [-0.25, -0.2) is 0 Å². The molecule has 0 N–H and O–H groups in total. The molecule has 0 unspecified atom stereocenters. The highest BCUT2D eigenvalue weighted by atomic mass is 32.2. The molecule has 3 nitrogen and oxygen atoms in total. The van der Waals surface area contributed by atoms with Gasteiger partial charge in [-0.15, -0.1) is 18.2 Å². The number of benzene rings is 1. The molecule has 0 atom stereocenters. The van der Waals surface area contributed by atoms with E-state index in [2.05, 4.69) is 5.92 Å². The summed E-state index contributed by atoms with van der Waals surface area (Å²) in [5.41, 5.74) is 1.48. The first-order valence-electron chi connectivity index (χ1n) is 6.52. The van der Waals surface area contributed by atoms with Crippen molar-refractivity contribution in [2.24, 2.45) is 0 Å². The van der Waals surface area contributed by atoms with Crippen LogP contribution >= 0.6 is 11.8 Å². The van der Waals surface area contributed by atoms with Gasteiger partial charge < -0.3 is 0 Å². The van der Waals surface area contributed by atoms with Crippen molar-refractivity contribution in [2.75, 3.05) is 11.4 Å². The molecule has 0 bridgehead atoms. The summed E-state index contributed by atoms with van der Waals surface area (Å²) in [6.07, 6.45) is 5.83. The van der Waals surface area contributed by atoms with Crippen LogP contribution in [-0.4, -0.2) is 23.0 Å². The maximum absolute atomic E-state index is 12.4. The average molecular weight is 287 g/mol. The molecule has 104 valence electrons. The van der Waals surface area contributed by atoms with E-state index in [0.29, 0.717) is 12.0 Å². The average Bonchev–Trinajstić information content (AvgIpc) is 2.42. The molecular formula is C16H17NO2S. The first-order chi connectivity index (χ1) is 9.40. The van der Waals surface area contributed by atoms with Crippen LogP contribution in [-0.2, 0) is 4.79 Å². The van der Waals surface area contributed by atoms with Gasteiger partial charge in [0.05, 0.1) is 17.0 Å². The summed E-state index contributed by atoms with van der Waals surface area (Å²) in [4.78, 5) is 26.8. The van der Waals surface area contributed by atoms with Crippen molar-refractivity contribution in [1.29, 1.82) is 0 Å². The number of fused-ring (bicyclic) bond motifs is 1. The first-order valence-corrected chi connectivity index (χ1v) is 7.34.